The van der Waals surface area contributed by atoms with Crippen LogP contribution in [0.2, 0.25) is 0 Å². The van der Waals surface area contributed by atoms with Crippen molar-refractivity contribution in [2.24, 2.45) is 0 Å². The Bertz CT molecular complexity index is 964. The van der Waals surface area contributed by atoms with E-state index in [0.717, 1.165) is 5.56 Å². The molecule has 3 amide bonds. The highest BCUT2D eigenvalue weighted by Crippen LogP contribution is 2.11. The first-order valence-electron chi connectivity index (χ1n) is 8.99. The molecule has 1 aromatic carbocycles. The number of rotatable bonds is 8. The molecule has 3 aromatic rings. The van der Waals surface area contributed by atoms with E-state index in [-0.39, 0.29) is 31.3 Å². The number of aryl methyl sites for hydroxylation is 1. The minimum atomic E-state index is -0.476. The van der Waals surface area contributed by atoms with Gasteiger partial charge in [-0.25, -0.2) is 0 Å². The molecule has 0 saturated heterocycles. The van der Waals surface area contributed by atoms with E-state index in [2.05, 4.69) is 10.6 Å². The number of furan rings is 2. The first kappa shape index (κ1) is 19.9. The van der Waals surface area contributed by atoms with E-state index in [0.29, 0.717) is 11.4 Å². The summed E-state index contributed by atoms with van der Waals surface area (Å²) in [4.78, 5) is 38.3. The molecule has 0 saturated carbocycles. The van der Waals surface area contributed by atoms with Crippen molar-refractivity contribution < 1.29 is 23.2 Å². The van der Waals surface area contributed by atoms with E-state index in [1.165, 1.54) is 23.5 Å². The predicted molar refractivity (Wildman–Crippen MR) is 105 cm³/mol. The topological polar surface area (TPSA) is 105 Å². The van der Waals surface area contributed by atoms with Crippen LogP contribution in [0.25, 0.3) is 0 Å². The Labute approximate surface area is 167 Å². The lowest BCUT2D eigenvalue weighted by molar-refractivity contribution is -0.124. The molecular weight excluding hydrogens is 374 g/mol. The molecule has 0 unspecified atom stereocenters. The molecule has 0 atom stereocenters. The van der Waals surface area contributed by atoms with E-state index in [9.17, 15) is 14.4 Å². The highest BCUT2D eigenvalue weighted by atomic mass is 16.3. The average Bonchev–Trinajstić information content (AvgIpc) is 3.39. The van der Waals surface area contributed by atoms with Crippen molar-refractivity contribution >= 4 is 23.4 Å². The molecular formula is C21H21N3O5. The quantitative estimate of drug-likeness (QED) is 0.610. The molecule has 150 valence electrons. The molecule has 0 spiro atoms. The van der Waals surface area contributed by atoms with E-state index < -0.39 is 11.8 Å². The summed E-state index contributed by atoms with van der Waals surface area (Å²) in [5.41, 5.74) is 1.66. The van der Waals surface area contributed by atoms with E-state index in [1.54, 1.807) is 24.3 Å². The molecule has 0 radical (unpaired) electrons. The highest BCUT2D eigenvalue weighted by molar-refractivity contribution is 5.96. The largest absolute Gasteiger partial charge is 0.467 e. The van der Waals surface area contributed by atoms with Crippen LogP contribution in [0, 0.1) is 6.92 Å². The van der Waals surface area contributed by atoms with Gasteiger partial charge in [0.1, 0.15) is 12.3 Å². The van der Waals surface area contributed by atoms with Crippen LogP contribution in [0.4, 0.5) is 5.69 Å². The first-order chi connectivity index (χ1) is 14.0. The first-order valence-corrected chi connectivity index (χ1v) is 8.99. The Hall–Kier alpha value is -3.81. The van der Waals surface area contributed by atoms with Crippen LogP contribution in [-0.2, 0) is 16.1 Å². The Balaban J connectivity index is 1.56. The number of nitrogens with zero attached hydrogens (tertiary/aromatic N) is 1. The van der Waals surface area contributed by atoms with Gasteiger partial charge in [0, 0.05) is 5.69 Å². The van der Waals surface area contributed by atoms with Crippen molar-refractivity contribution in [3.63, 3.8) is 0 Å². The molecule has 2 aromatic heterocycles. The number of nitrogens with one attached hydrogen (secondary N) is 2. The van der Waals surface area contributed by atoms with Crippen molar-refractivity contribution in [1.82, 2.24) is 10.2 Å². The lowest BCUT2D eigenvalue weighted by atomic mass is 10.2. The van der Waals surface area contributed by atoms with Gasteiger partial charge in [0.15, 0.2) is 5.76 Å². The Morgan fingerprint density at radius 2 is 1.76 bits per heavy atom. The lowest BCUT2D eigenvalue weighted by Gasteiger charge is -2.20. The maximum atomic E-state index is 12.6. The summed E-state index contributed by atoms with van der Waals surface area (Å²) in [5.74, 6) is -0.656. The molecule has 2 N–H and O–H groups in total. The summed E-state index contributed by atoms with van der Waals surface area (Å²) >= 11 is 0. The van der Waals surface area contributed by atoms with Gasteiger partial charge in [-0.3, -0.25) is 14.4 Å². The van der Waals surface area contributed by atoms with E-state index in [4.69, 9.17) is 8.83 Å². The second kappa shape index (κ2) is 9.41. The zero-order valence-electron chi connectivity index (χ0n) is 15.9. The number of anilines is 1. The zero-order valence-corrected chi connectivity index (χ0v) is 15.9. The average molecular weight is 395 g/mol. The number of benzene rings is 1. The maximum absolute atomic E-state index is 12.6. The van der Waals surface area contributed by atoms with Gasteiger partial charge >= 0.3 is 0 Å². The number of amides is 3. The van der Waals surface area contributed by atoms with E-state index >= 15 is 0 Å². The number of carbonyl (C=O) groups excluding carboxylic acids is 3. The van der Waals surface area contributed by atoms with Crippen molar-refractivity contribution in [3.8, 4) is 0 Å². The maximum Gasteiger partial charge on any atom is 0.290 e. The highest BCUT2D eigenvalue weighted by Gasteiger charge is 2.22. The number of hydrogen-bond acceptors (Lipinski definition) is 5. The normalized spacial score (nSPS) is 10.4. The fourth-order valence-corrected chi connectivity index (χ4v) is 2.68. The molecule has 3 rings (SSSR count). The second-order valence-electron chi connectivity index (χ2n) is 6.41. The van der Waals surface area contributed by atoms with Crippen LogP contribution < -0.4 is 10.6 Å². The molecule has 0 aliphatic heterocycles. The van der Waals surface area contributed by atoms with Crippen LogP contribution in [0.15, 0.2) is 69.9 Å². The van der Waals surface area contributed by atoms with Gasteiger partial charge in [-0.1, -0.05) is 12.1 Å². The standard InChI is InChI=1S/C21H21N3O5/c1-15-5-2-6-16(11-15)23-19(25)12-22-20(26)14-24(13-17-7-3-9-28-17)21(27)18-8-4-10-29-18/h2-11H,12-14H2,1H3,(H,22,26)(H,23,25). The number of carbonyl (C=O) groups is 3. The lowest BCUT2D eigenvalue weighted by Crippen LogP contribution is -2.42. The summed E-state index contributed by atoms with van der Waals surface area (Å²) in [7, 11) is 0. The molecule has 8 heteroatoms. The van der Waals surface area contributed by atoms with Crippen LogP contribution in [-0.4, -0.2) is 35.7 Å². The van der Waals surface area contributed by atoms with Gasteiger partial charge in [0.25, 0.3) is 5.91 Å². The Morgan fingerprint density at radius 1 is 0.966 bits per heavy atom. The van der Waals surface area contributed by atoms with Gasteiger partial charge in [-0.05, 0) is 48.9 Å². The smallest absolute Gasteiger partial charge is 0.290 e. The molecule has 0 aliphatic rings. The molecule has 0 aliphatic carbocycles. The van der Waals surface area contributed by atoms with Crippen LogP contribution in [0.5, 0.6) is 0 Å². The van der Waals surface area contributed by atoms with Crippen molar-refractivity contribution in [1.29, 1.82) is 0 Å². The van der Waals surface area contributed by atoms with Gasteiger partial charge < -0.3 is 24.4 Å². The Morgan fingerprint density at radius 3 is 2.45 bits per heavy atom. The third kappa shape index (κ3) is 5.83. The summed E-state index contributed by atoms with van der Waals surface area (Å²) in [6.07, 6.45) is 2.87. The molecule has 0 fully saturated rings. The van der Waals surface area contributed by atoms with Crippen LogP contribution in [0.3, 0.4) is 0 Å². The zero-order chi connectivity index (χ0) is 20.6. The third-order valence-electron chi connectivity index (χ3n) is 4.03. The summed E-state index contributed by atoms with van der Waals surface area (Å²) in [5, 5.41) is 5.23. The third-order valence-corrected chi connectivity index (χ3v) is 4.03. The SMILES string of the molecule is Cc1cccc(NC(=O)CNC(=O)CN(Cc2ccco2)C(=O)c2ccco2)c1. The summed E-state index contributed by atoms with van der Waals surface area (Å²) in [6.45, 7) is 1.55. The van der Waals surface area contributed by atoms with Crippen molar-refractivity contribution in [2.45, 2.75) is 13.5 Å². The molecule has 29 heavy (non-hydrogen) atoms. The van der Waals surface area contributed by atoms with Crippen LogP contribution >= 0.6 is 0 Å². The second-order valence-corrected chi connectivity index (χ2v) is 6.41. The van der Waals surface area contributed by atoms with Gasteiger partial charge in [0.2, 0.25) is 11.8 Å². The van der Waals surface area contributed by atoms with Gasteiger partial charge in [0.05, 0.1) is 25.6 Å². The number of hydrogen-bond donors (Lipinski definition) is 2. The Kier molecular flexibility index (Phi) is 6.47. The van der Waals surface area contributed by atoms with Crippen LogP contribution in [0.1, 0.15) is 21.9 Å². The molecule has 2 heterocycles. The summed E-state index contributed by atoms with van der Waals surface area (Å²) in [6, 6.07) is 13.8. The molecule has 8 nitrogen and oxygen atoms in total. The van der Waals surface area contributed by atoms with Crippen molar-refractivity contribution in [3.05, 3.63) is 78.1 Å². The monoisotopic (exact) mass is 395 g/mol. The molecule has 0 bridgehead atoms. The minimum absolute atomic E-state index is 0.0927. The fraction of sp³-hybridized carbons (Fsp3) is 0.190. The van der Waals surface area contributed by atoms with Gasteiger partial charge in [-0.2, -0.15) is 0 Å². The fourth-order valence-electron chi connectivity index (χ4n) is 2.68. The van der Waals surface area contributed by atoms with Crippen molar-refractivity contribution in [2.75, 3.05) is 18.4 Å². The van der Waals surface area contributed by atoms with Gasteiger partial charge in [-0.15, -0.1) is 0 Å². The van der Waals surface area contributed by atoms with E-state index in [1.807, 2.05) is 25.1 Å². The minimum Gasteiger partial charge on any atom is -0.467 e. The summed E-state index contributed by atoms with van der Waals surface area (Å²) < 4.78 is 10.4. The predicted octanol–water partition coefficient (Wildman–Crippen LogP) is 2.58.